The molecule has 0 fully saturated rings. The first kappa shape index (κ1) is 13.9. The molecule has 0 radical (unpaired) electrons. The van der Waals surface area contributed by atoms with E-state index in [0.717, 1.165) is 30.6 Å². The first-order valence-electron chi connectivity index (χ1n) is 5.80. The number of rotatable bonds is 7. The summed E-state index contributed by atoms with van der Waals surface area (Å²) in [6.45, 7) is 3.68. The van der Waals surface area contributed by atoms with E-state index in [9.17, 15) is 0 Å². The fourth-order valence-electron chi connectivity index (χ4n) is 1.67. The average molecular weight is 253 g/mol. The van der Waals surface area contributed by atoms with Gasteiger partial charge in [-0.25, -0.2) is 0 Å². The Morgan fingerprint density at radius 3 is 2.88 bits per heavy atom. The van der Waals surface area contributed by atoms with Crippen molar-refractivity contribution in [1.29, 1.82) is 0 Å². The smallest absolute Gasteiger partial charge is 0.106 e. The molecule has 0 aliphatic heterocycles. The molecule has 0 unspecified atom stereocenters. The summed E-state index contributed by atoms with van der Waals surface area (Å²) in [5, 5.41) is 9.10. The van der Waals surface area contributed by atoms with Gasteiger partial charge < -0.3 is 15.7 Å². The third-order valence-corrected chi connectivity index (χ3v) is 2.78. The number of nitrogens with zero attached hydrogens (tertiary/aromatic N) is 2. The second-order valence-electron chi connectivity index (χ2n) is 3.82. The number of pyridine rings is 1. The largest absolute Gasteiger partial charge is 0.395 e. The van der Waals surface area contributed by atoms with Crippen LogP contribution in [0.2, 0.25) is 0 Å². The van der Waals surface area contributed by atoms with Crippen LogP contribution in [0.1, 0.15) is 25.3 Å². The summed E-state index contributed by atoms with van der Waals surface area (Å²) in [7, 11) is 0. The maximum Gasteiger partial charge on any atom is 0.106 e. The van der Waals surface area contributed by atoms with Crippen molar-refractivity contribution in [2.75, 3.05) is 24.6 Å². The van der Waals surface area contributed by atoms with E-state index < -0.39 is 0 Å². The van der Waals surface area contributed by atoms with Crippen LogP contribution in [0, 0.1) is 0 Å². The fourth-order valence-corrected chi connectivity index (χ4v) is 1.84. The van der Waals surface area contributed by atoms with Gasteiger partial charge in [0.25, 0.3) is 0 Å². The second-order valence-corrected chi connectivity index (χ2v) is 4.26. The third-order valence-electron chi connectivity index (χ3n) is 2.56. The highest BCUT2D eigenvalue weighted by Gasteiger charge is 2.12. The van der Waals surface area contributed by atoms with Gasteiger partial charge in [0.2, 0.25) is 0 Å². The Balaban J connectivity index is 2.95. The van der Waals surface area contributed by atoms with E-state index >= 15 is 0 Å². The lowest BCUT2D eigenvalue weighted by atomic mass is 10.2. The van der Waals surface area contributed by atoms with Gasteiger partial charge in [0.1, 0.15) is 4.99 Å². The Labute approximate surface area is 107 Å². The SMILES string of the molecule is CCCCN(CCO)c1cnccc1C(N)=S. The number of thiocarbonyl (C=S) groups is 1. The van der Waals surface area contributed by atoms with Crippen molar-refractivity contribution in [3.63, 3.8) is 0 Å². The first-order valence-corrected chi connectivity index (χ1v) is 6.21. The van der Waals surface area contributed by atoms with Gasteiger partial charge in [-0.15, -0.1) is 0 Å². The number of hydrogen-bond acceptors (Lipinski definition) is 4. The van der Waals surface area contributed by atoms with Crippen LogP contribution in [0.25, 0.3) is 0 Å². The number of anilines is 1. The minimum absolute atomic E-state index is 0.107. The van der Waals surface area contributed by atoms with Crippen molar-refractivity contribution in [3.8, 4) is 0 Å². The molecule has 1 rings (SSSR count). The van der Waals surface area contributed by atoms with Gasteiger partial charge in [0.05, 0.1) is 18.5 Å². The molecule has 0 saturated heterocycles. The highest BCUT2D eigenvalue weighted by Crippen LogP contribution is 2.19. The fraction of sp³-hybridized carbons (Fsp3) is 0.500. The van der Waals surface area contributed by atoms with Crippen molar-refractivity contribution in [2.45, 2.75) is 19.8 Å². The molecule has 0 bridgehead atoms. The molecular weight excluding hydrogens is 234 g/mol. The average Bonchev–Trinajstić information content (AvgIpc) is 2.34. The van der Waals surface area contributed by atoms with Gasteiger partial charge in [0, 0.05) is 24.8 Å². The Morgan fingerprint density at radius 1 is 1.53 bits per heavy atom. The molecule has 1 heterocycles. The summed E-state index contributed by atoms with van der Waals surface area (Å²) in [6, 6.07) is 1.81. The summed E-state index contributed by atoms with van der Waals surface area (Å²) in [4.78, 5) is 6.54. The molecule has 17 heavy (non-hydrogen) atoms. The quantitative estimate of drug-likeness (QED) is 0.718. The number of aromatic nitrogens is 1. The van der Waals surface area contributed by atoms with Crippen LogP contribution in [0.5, 0.6) is 0 Å². The first-order chi connectivity index (χ1) is 8.20. The molecule has 5 heteroatoms. The van der Waals surface area contributed by atoms with Crippen LogP contribution in [0.3, 0.4) is 0 Å². The van der Waals surface area contributed by atoms with Crippen LogP contribution in [-0.4, -0.2) is 34.8 Å². The zero-order valence-corrected chi connectivity index (χ0v) is 10.9. The van der Waals surface area contributed by atoms with Crippen molar-refractivity contribution in [2.24, 2.45) is 5.73 Å². The zero-order valence-electron chi connectivity index (χ0n) is 10.1. The normalized spacial score (nSPS) is 10.2. The highest BCUT2D eigenvalue weighted by molar-refractivity contribution is 7.80. The standard InChI is InChI=1S/C12H19N3OS/c1-2-3-6-15(7-8-16)11-9-14-5-4-10(11)12(13)17/h4-5,9,16H,2-3,6-8H2,1H3,(H2,13,17). The molecular formula is C12H19N3OS. The molecule has 3 N–H and O–H groups in total. The van der Waals surface area contributed by atoms with E-state index in [4.69, 9.17) is 23.1 Å². The highest BCUT2D eigenvalue weighted by atomic mass is 32.1. The monoisotopic (exact) mass is 253 g/mol. The predicted molar refractivity (Wildman–Crippen MR) is 74.3 cm³/mol. The Hall–Kier alpha value is -1.20. The molecule has 0 atom stereocenters. The lowest BCUT2D eigenvalue weighted by Gasteiger charge is -2.25. The van der Waals surface area contributed by atoms with Crippen molar-refractivity contribution in [3.05, 3.63) is 24.0 Å². The van der Waals surface area contributed by atoms with Gasteiger partial charge in [-0.1, -0.05) is 25.6 Å². The molecule has 4 nitrogen and oxygen atoms in total. The van der Waals surface area contributed by atoms with Crippen molar-refractivity contribution in [1.82, 2.24) is 4.98 Å². The van der Waals surface area contributed by atoms with Crippen LogP contribution in [0.4, 0.5) is 5.69 Å². The number of aliphatic hydroxyl groups is 1. The molecule has 0 spiro atoms. The van der Waals surface area contributed by atoms with E-state index in [1.165, 1.54) is 0 Å². The molecule has 1 aromatic rings. The van der Waals surface area contributed by atoms with E-state index in [1.54, 1.807) is 12.4 Å². The molecule has 0 aromatic carbocycles. The number of aliphatic hydroxyl groups excluding tert-OH is 1. The van der Waals surface area contributed by atoms with E-state index in [0.29, 0.717) is 11.5 Å². The van der Waals surface area contributed by atoms with Gasteiger partial charge in [-0.3, -0.25) is 4.98 Å². The summed E-state index contributed by atoms with van der Waals surface area (Å²) < 4.78 is 0. The molecule has 94 valence electrons. The molecule has 0 aliphatic rings. The summed E-state index contributed by atoms with van der Waals surface area (Å²) >= 11 is 5.03. The molecule has 0 saturated carbocycles. The van der Waals surface area contributed by atoms with Gasteiger partial charge in [0.15, 0.2) is 0 Å². The van der Waals surface area contributed by atoms with E-state index in [1.807, 2.05) is 6.07 Å². The lowest BCUT2D eigenvalue weighted by Crippen LogP contribution is -2.30. The zero-order chi connectivity index (χ0) is 12.7. The van der Waals surface area contributed by atoms with E-state index in [-0.39, 0.29) is 6.61 Å². The number of nitrogens with two attached hydrogens (primary N) is 1. The summed E-state index contributed by atoms with van der Waals surface area (Å²) in [5.41, 5.74) is 7.42. The van der Waals surface area contributed by atoms with E-state index in [2.05, 4.69) is 16.8 Å². The number of unbranched alkanes of at least 4 members (excludes halogenated alkanes) is 1. The predicted octanol–water partition coefficient (Wildman–Crippen LogP) is 1.31. The molecule has 0 aliphatic carbocycles. The van der Waals surface area contributed by atoms with Crippen LogP contribution >= 0.6 is 12.2 Å². The van der Waals surface area contributed by atoms with Crippen LogP contribution in [-0.2, 0) is 0 Å². The number of hydrogen-bond donors (Lipinski definition) is 2. The lowest BCUT2D eigenvalue weighted by molar-refractivity contribution is 0.301. The topological polar surface area (TPSA) is 62.4 Å². The third kappa shape index (κ3) is 3.94. The van der Waals surface area contributed by atoms with Crippen molar-refractivity contribution < 1.29 is 5.11 Å². The van der Waals surface area contributed by atoms with Crippen LogP contribution in [0.15, 0.2) is 18.5 Å². The van der Waals surface area contributed by atoms with Crippen LogP contribution < -0.4 is 10.6 Å². The maximum absolute atomic E-state index is 9.10. The Kier molecular flexibility index (Phi) is 5.86. The summed E-state index contributed by atoms with van der Waals surface area (Å²) in [5.74, 6) is 0. The molecule has 1 aromatic heterocycles. The Bertz CT molecular complexity index is 371. The second kappa shape index (κ2) is 7.19. The van der Waals surface area contributed by atoms with Gasteiger partial charge >= 0.3 is 0 Å². The van der Waals surface area contributed by atoms with Crippen molar-refractivity contribution >= 4 is 22.9 Å². The summed E-state index contributed by atoms with van der Waals surface area (Å²) in [6.07, 6.45) is 5.59. The maximum atomic E-state index is 9.10. The minimum Gasteiger partial charge on any atom is -0.395 e. The van der Waals surface area contributed by atoms with Gasteiger partial charge in [-0.05, 0) is 12.5 Å². The Morgan fingerprint density at radius 2 is 2.29 bits per heavy atom. The minimum atomic E-state index is 0.107. The van der Waals surface area contributed by atoms with Gasteiger partial charge in [-0.2, -0.15) is 0 Å². The molecule has 0 amide bonds.